The number of aryl methyl sites for hydroxylation is 2. The average molecular weight is 492 g/mol. The number of carbonyl (C=O) groups excluding carboxylic acids is 1. The van der Waals surface area contributed by atoms with Crippen molar-refractivity contribution < 1.29 is 13.9 Å². The van der Waals surface area contributed by atoms with E-state index in [-0.39, 0.29) is 30.0 Å². The van der Waals surface area contributed by atoms with Crippen LogP contribution < -0.4 is 0 Å². The van der Waals surface area contributed by atoms with E-state index < -0.39 is 5.82 Å². The standard InChI is InChI=1S/C24H26FN9O2/c1-14-18(4-5-21(25)20(14)9-26)22-11-32-6-7-33(10-17(32)12-36-22)23(35)8-19-15(2)28-24(29-16(19)3)34-13-27-30-31-34/h4-5,13,17,22H,6-8,10-12H2,1-3H3/t17-,22-/m1/s1. The summed E-state index contributed by atoms with van der Waals surface area (Å²) < 4.78 is 21.5. The molecule has 5 rings (SSSR count). The van der Waals surface area contributed by atoms with Gasteiger partial charge in [0.15, 0.2) is 0 Å². The van der Waals surface area contributed by atoms with E-state index in [2.05, 4.69) is 30.4 Å². The Kier molecular flexibility index (Phi) is 6.42. The monoisotopic (exact) mass is 491 g/mol. The van der Waals surface area contributed by atoms with Gasteiger partial charge < -0.3 is 9.64 Å². The lowest BCUT2D eigenvalue weighted by atomic mass is 9.96. The maximum Gasteiger partial charge on any atom is 0.253 e. The fourth-order valence-corrected chi connectivity index (χ4v) is 4.98. The van der Waals surface area contributed by atoms with Crippen molar-refractivity contribution in [1.82, 2.24) is 40.0 Å². The van der Waals surface area contributed by atoms with E-state index in [9.17, 15) is 14.4 Å². The highest BCUT2D eigenvalue weighted by Gasteiger charge is 2.36. The largest absolute Gasteiger partial charge is 0.370 e. The molecular formula is C24H26FN9O2. The lowest BCUT2D eigenvalue weighted by Crippen LogP contribution is -2.59. The van der Waals surface area contributed by atoms with Gasteiger partial charge in [-0.1, -0.05) is 6.07 Å². The van der Waals surface area contributed by atoms with Gasteiger partial charge in [0.25, 0.3) is 5.95 Å². The molecule has 1 amide bonds. The van der Waals surface area contributed by atoms with Gasteiger partial charge >= 0.3 is 0 Å². The summed E-state index contributed by atoms with van der Waals surface area (Å²) in [6.07, 6.45) is 1.40. The Morgan fingerprint density at radius 1 is 1.19 bits per heavy atom. The summed E-state index contributed by atoms with van der Waals surface area (Å²) in [5.74, 6) is -0.123. The zero-order chi connectivity index (χ0) is 25.4. The molecule has 36 heavy (non-hydrogen) atoms. The summed E-state index contributed by atoms with van der Waals surface area (Å²) >= 11 is 0. The minimum absolute atomic E-state index is 0.0230. The number of piperazine rings is 1. The first kappa shape index (κ1) is 23.9. The van der Waals surface area contributed by atoms with Gasteiger partial charge in [0.2, 0.25) is 5.91 Å². The molecule has 186 valence electrons. The van der Waals surface area contributed by atoms with Crippen LogP contribution in [0.2, 0.25) is 0 Å². The Balaban J connectivity index is 1.24. The van der Waals surface area contributed by atoms with Gasteiger partial charge in [-0.15, -0.1) is 5.10 Å². The molecule has 2 fully saturated rings. The molecule has 0 spiro atoms. The fourth-order valence-electron chi connectivity index (χ4n) is 4.98. The molecule has 11 nitrogen and oxygen atoms in total. The van der Waals surface area contributed by atoms with E-state index >= 15 is 0 Å². The summed E-state index contributed by atoms with van der Waals surface area (Å²) in [6.45, 7) is 8.44. The third kappa shape index (κ3) is 4.43. The SMILES string of the molecule is Cc1nc(-n2cnnn2)nc(C)c1CC(=O)N1CCN2C[C@H](c3ccc(F)c(C#N)c3C)OC[C@H]2C1. The van der Waals surface area contributed by atoms with Crippen LogP contribution in [-0.4, -0.2) is 84.7 Å². The molecule has 12 heteroatoms. The van der Waals surface area contributed by atoms with E-state index in [4.69, 9.17) is 4.74 Å². The molecule has 2 aromatic heterocycles. The van der Waals surface area contributed by atoms with Crippen molar-refractivity contribution in [2.24, 2.45) is 0 Å². The molecular weight excluding hydrogens is 465 g/mol. The maximum absolute atomic E-state index is 13.9. The van der Waals surface area contributed by atoms with Crippen LogP contribution in [0, 0.1) is 37.9 Å². The Morgan fingerprint density at radius 2 is 1.97 bits per heavy atom. The Bertz CT molecular complexity index is 1320. The van der Waals surface area contributed by atoms with Gasteiger partial charge in [0, 0.05) is 43.1 Å². The highest BCUT2D eigenvalue weighted by atomic mass is 19.1. The second kappa shape index (κ2) is 9.67. The van der Waals surface area contributed by atoms with Crippen molar-refractivity contribution >= 4 is 5.91 Å². The number of benzene rings is 1. The number of morpholine rings is 1. The Morgan fingerprint density at radius 3 is 2.67 bits per heavy atom. The van der Waals surface area contributed by atoms with Crippen LogP contribution in [0.3, 0.4) is 0 Å². The third-order valence-electron chi connectivity index (χ3n) is 7.05. The van der Waals surface area contributed by atoms with E-state index in [1.165, 1.54) is 17.1 Å². The van der Waals surface area contributed by atoms with Crippen molar-refractivity contribution in [3.63, 3.8) is 0 Å². The molecule has 2 aliphatic heterocycles. The zero-order valence-electron chi connectivity index (χ0n) is 20.3. The molecule has 2 saturated heterocycles. The lowest BCUT2D eigenvalue weighted by molar-refractivity contribution is -0.139. The highest BCUT2D eigenvalue weighted by molar-refractivity contribution is 5.79. The molecule has 2 aliphatic rings. The molecule has 0 bridgehead atoms. The van der Waals surface area contributed by atoms with Gasteiger partial charge in [-0.3, -0.25) is 9.69 Å². The number of hydrogen-bond acceptors (Lipinski definition) is 9. The van der Waals surface area contributed by atoms with E-state index in [0.29, 0.717) is 44.3 Å². The van der Waals surface area contributed by atoms with Crippen LogP contribution in [0.25, 0.3) is 5.95 Å². The van der Waals surface area contributed by atoms with Gasteiger partial charge in [0.1, 0.15) is 18.2 Å². The first-order valence-corrected chi connectivity index (χ1v) is 11.8. The first-order chi connectivity index (χ1) is 17.4. The van der Waals surface area contributed by atoms with Crippen molar-refractivity contribution in [3.8, 4) is 12.0 Å². The molecule has 0 saturated carbocycles. The summed E-state index contributed by atoms with van der Waals surface area (Å²) in [6, 6.07) is 5.06. The van der Waals surface area contributed by atoms with Crippen LogP contribution in [0.4, 0.5) is 4.39 Å². The van der Waals surface area contributed by atoms with Crippen molar-refractivity contribution in [2.75, 3.05) is 32.8 Å². The predicted molar refractivity (Wildman–Crippen MR) is 124 cm³/mol. The molecule has 2 atom stereocenters. The quantitative estimate of drug-likeness (QED) is 0.529. The van der Waals surface area contributed by atoms with Crippen molar-refractivity contribution in [1.29, 1.82) is 5.26 Å². The highest BCUT2D eigenvalue weighted by Crippen LogP contribution is 2.31. The van der Waals surface area contributed by atoms with E-state index in [1.54, 1.807) is 13.0 Å². The Labute approximate surface area is 207 Å². The van der Waals surface area contributed by atoms with Gasteiger partial charge in [0.05, 0.1) is 30.7 Å². The van der Waals surface area contributed by atoms with Crippen LogP contribution in [0.15, 0.2) is 18.5 Å². The van der Waals surface area contributed by atoms with Crippen LogP contribution in [-0.2, 0) is 16.0 Å². The zero-order valence-corrected chi connectivity index (χ0v) is 20.3. The molecule has 0 N–H and O–H groups in total. The van der Waals surface area contributed by atoms with E-state index in [0.717, 1.165) is 22.5 Å². The third-order valence-corrected chi connectivity index (χ3v) is 7.05. The number of hydrogen-bond donors (Lipinski definition) is 0. The number of rotatable bonds is 4. The Hall–Kier alpha value is -3.82. The molecule has 1 aromatic carbocycles. The molecule has 0 aliphatic carbocycles. The smallest absolute Gasteiger partial charge is 0.253 e. The fraction of sp³-hybridized carbons (Fsp3) is 0.458. The molecule has 0 radical (unpaired) electrons. The topological polar surface area (TPSA) is 126 Å². The molecule has 0 unspecified atom stereocenters. The van der Waals surface area contributed by atoms with E-state index in [1.807, 2.05) is 24.8 Å². The van der Waals surface area contributed by atoms with Gasteiger partial charge in [-0.25, -0.2) is 14.4 Å². The minimum atomic E-state index is -0.513. The summed E-state index contributed by atoms with van der Waals surface area (Å²) in [7, 11) is 0. The summed E-state index contributed by atoms with van der Waals surface area (Å²) in [5, 5.41) is 20.3. The number of tetrazole rings is 1. The number of halogens is 1. The number of aromatic nitrogens is 6. The number of carbonyl (C=O) groups is 1. The lowest BCUT2D eigenvalue weighted by Gasteiger charge is -2.46. The maximum atomic E-state index is 13.9. The summed E-state index contributed by atoms with van der Waals surface area (Å²) in [5.41, 5.74) is 3.76. The molecule has 3 aromatic rings. The average Bonchev–Trinajstić information content (AvgIpc) is 3.41. The first-order valence-electron chi connectivity index (χ1n) is 11.8. The van der Waals surface area contributed by atoms with Crippen LogP contribution in [0.5, 0.6) is 0 Å². The van der Waals surface area contributed by atoms with Crippen LogP contribution >= 0.6 is 0 Å². The number of amides is 1. The number of nitriles is 1. The van der Waals surface area contributed by atoms with Crippen LogP contribution in [0.1, 0.15) is 39.7 Å². The van der Waals surface area contributed by atoms with Gasteiger partial charge in [-0.2, -0.15) is 9.94 Å². The normalized spacial score (nSPS) is 20.1. The number of nitrogens with zero attached hydrogens (tertiary/aromatic N) is 9. The second-order valence-electron chi connectivity index (χ2n) is 9.16. The predicted octanol–water partition coefficient (Wildman–Crippen LogP) is 1.22. The number of ether oxygens (including phenoxy) is 1. The van der Waals surface area contributed by atoms with Crippen molar-refractivity contribution in [2.45, 2.75) is 39.3 Å². The van der Waals surface area contributed by atoms with Crippen molar-refractivity contribution in [3.05, 3.63) is 57.9 Å². The molecule has 4 heterocycles. The summed E-state index contributed by atoms with van der Waals surface area (Å²) in [4.78, 5) is 26.3. The number of fused-ring (bicyclic) bond motifs is 1. The second-order valence-corrected chi connectivity index (χ2v) is 9.16. The van der Waals surface area contributed by atoms with Gasteiger partial charge in [-0.05, 0) is 48.4 Å². The minimum Gasteiger partial charge on any atom is -0.370 e.